The summed E-state index contributed by atoms with van der Waals surface area (Å²) >= 11 is 0. The SMILES string of the molecule is C[CH]NS(=O)(=O)C(C)C. The summed E-state index contributed by atoms with van der Waals surface area (Å²) in [6.07, 6.45) is 0. The van der Waals surface area contributed by atoms with Gasteiger partial charge < -0.3 is 0 Å². The molecule has 0 amide bonds. The van der Waals surface area contributed by atoms with Gasteiger partial charge in [0.2, 0.25) is 10.0 Å². The topological polar surface area (TPSA) is 46.2 Å². The van der Waals surface area contributed by atoms with Gasteiger partial charge in [0.15, 0.2) is 0 Å². The second kappa shape index (κ2) is 3.17. The van der Waals surface area contributed by atoms with Crippen LogP contribution in [0.4, 0.5) is 0 Å². The van der Waals surface area contributed by atoms with Crippen LogP contribution in [0.3, 0.4) is 0 Å². The van der Waals surface area contributed by atoms with Crippen molar-refractivity contribution in [3.63, 3.8) is 0 Å². The van der Waals surface area contributed by atoms with Crippen molar-refractivity contribution in [3.8, 4) is 0 Å². The predicted molar refractivity (Wildman–Crippen MR) is 37.2 cm³/mol. The third kappa shape index (κ3) is 2.81. The fourth-order valence-corrected chi connectivity index (χ4v) is 0.901. The maximum atomic E-state index is 10.8. The first kappa shape index (κ1) is 8.91. The molecule has 0 aromatic carbocycles. The maximum absolute atomic E-state index is 10.8. The van der Waals surface area contributed by atoms with Crippen molar-refractivity contribution < 1.29 is 8.42 Å². The van der Waals surface area contributed by atoms with Crippen LogP contribution in [0, 0.1) is 6.54 Å². The van der Waals surface area contributed by atoms with E-state index in [0.29, 0.717) is 0 Å². The summed E-state index contributed by atoms with van der Waals surface area (Å²) in [5.41, 5.74) is 0. The van der Waals surface area contributed by atoms with Crippen molar-refractivity contribution in [2.24, 2.45) is 0 Å². The van der Waals surface area contributed by atoms with E-state index >= 15 is 0 Å². The maximum Gasteiger partial charge on any atom is 0.214 e. The second-order valence-electron chi connectivity index (χ2n) is 2.00. The number of hydrogen-bond donors (Lipinski definition) is 1. The molecule has 0 aliphatic carbocycles. The standard InChI is InChI=1S/C5H12NO2S/c1-4-6-9(7,8)5(2)3/h4-6H,1-3H3. The first-order valence-corrected chi connectivity index (χ1v) is 4.34. The van der Waals surface area contributed by atoms with Crippen LogP contribution in [0.15, 0.2) is 0 Å². The molecule has 0 fully saturated rings. The lowest BCUT2D eigenvalue weighted by molar-refractivity contribution is 0.579. The monoisotopic (exact) mass is 150 g/mol. The van der Waals surface area contributed by atoms with Gasteiger partial charge in [-0.05, 0) is 20.8 Å². The Morgan fingerprint density at radius 1 is 1.44 bits per heavy atom. The minimum atomic E-state index is -3.05. The molecule has 4 heteroatoms. The third-order valence-electron chi connectivity index (χ3n) is 0.903. The number of hydrogen-bond acceptors (Lipinski definition) is 2. The van der Waals surface area contributed by atoms with E-state index in [9.17, 15) is 8.42 Å². The van der Waals surface area contributed by atoms with Crippen LogP contribution < -0.4 is 4.72 Å². The fourth-order valence-electron chi connectivity index (χ4n) is 0.300. The molecule has 0 aromatic rings. The first-order chi connectivity index (χ1) is 4.00. The molecule has 0 heterocycles. The largest absolute Gasteiger partial charge is 0.214 e. The van der Waals surface area contributed by atoms with Crippen molar-refractivity contribution >= 4 is 10.0 Å². The van der Waals surface area contributed by atoms with Crippen molar-refractivity contribution in [1.29, 1.82) is 0 Å². The highest BCUT2D eigenvalue weighted by Crippen LogP contribution is 1.94. The number of sulfonamides is 1. The quantitative estimate of drug-likeness (QED) is 0.636. The van der Waals surface area contributed by atoms with Crippen LogP contribution in [0.2, 0.25) is 0 Å². The summed E-state index contributed by atoms with van der Waals surface area (Å²) in [7, 11) is -3.05. The molecule has 0 saturated heterocycles. The average molecular weight is 150 g/mol. The van der Waals surface area contributed by atoms with Gasteiger partial charge in [0.05, 0.1) is 5.25 Å². The zero-order valence-corrected chi connectivity index (χ0v) is 6.70. The molecule has 0 unspecified atom stereocenters. The van der Waals surface area contributed by atoms with Crippen LogP contribution in [-0.4, -0.2) is 13.7 Å². The number of nitrogens with one attached hydrogen (secondary N) is 1. The summed E-state index contributed by atoms with van der Waals surface area (Å²) in [5.74, 6) is 0. The van der Waals surface area contributed by atoms with Gasteiger partial charge in [0, 0.05) is 6.54 Å². The fraction of sp³-hybridized carbons (Fsp3) is 0.800. The lowest BCUT2D eigenvalue weighted by atomic mass is 10.6. The third-order valence-corrected chi connectivity index (χ3v) is 2.71. The number of rotatable bonds is 3. The molecule has 0 atom stereocenters. The summed E-state index contributed by atoms with van der Waals surface area (Å²) < 4.78 is 23.8. The molecule has 1 radical (unpaired) electrons. The average Bonchev–Trinajstić information content (AvgIpc) is 1.65. The Morgan fingerprint density at radius 3 is 2.00 bits per heavy atom. The lowest BCUT2D eigenvalue weighted by Gasteiger charge is -2.05. The molecule has 9 heavy (non-hydrogen) atoms. The van der Waals surface area contributed by atoms with Gasteiger partial charge in [-0.15, -0.1) is 0 Å². The summed E-state index contributed by atoms with van der Waals surface area (Å²) in [6, 6.07) is 0. The van der Waals surface area contributed by atoms with Crippen molar-refractivity contribution in [2.75, 3.05) is 0 Å². The van der Waals surface area contributed by atoms with Crippen LogP contribution in [0.5, 0.6) is 0 Å². The van der Waals surface area contributed by atoms with Crippen LogP contribution in [0.25, 0.3) is 0 Å². The van der Waals surface area contributed by atoms with Gasteiger partial charge in [0.25, 0.3) is 0 Å². The molecule has 0 aromatic heterocycles. The van der Waals surface area contributed by atoms with Gasteiger partial charge >= 0.3 is 0 Å². The Morgan fingerprint density at radius 2 is 1.89 bits per heavy atom. The smallest absolute Gasteiger partial charge is 0.212 e. The summed E-state index contributed by atoms with van der Waals surface area (Å²) in [5, 5.41) is -0.353. The van der Waals surface area contributed by atoms with Gasteiger partial charge in [-0.2, -0.15) is 0 Å². The molecule has 0 spiro atoms. The molecule has 0 rings (SSSR count). The van der Waals surface area contributed by atoms with E-state index in [1.807, 2.05) is 0 Å². The Hall–Kier alpha value is -0.0900. The van der Waals surface area contributed by atoms with Crippen LogP contribution in [-0.2, 0) is 10.0 Å². The Labute approximate surface area is 56.5 Å². The highest BCUT2D eigenvalue weighted by Gasteiger charge is 2.12. The first-order valence-electron chi connectivity index (χ1n) is 2.79. The molecule has 0 aliphatic heterocycles. The summed E-state index contributed by atoms with van der Waals surface area (Å²) in [4.78, 5) is 0. The van der Waals surface area contributed by atoms with E-state index in [1.54, 1.807) is 20.8 Å². The van der Waals surface area contributed by atoms with E-state index < -0.39 is 10.0 Å². The zero-order chi connectivity index (χ0) is 7.49. The molecule has 55 valence electrons. The molecular weight excluding hydrogens is 138 g/mol. The second-order valence-corrected chi connectivity index (χ2v) is 4.27. The Bertz CT molecular complexity index is 160. The van der Waals surface area contributed by atoms with Gasteiger partial charge in [-0.25, -0.2) is 13.1 Å². The van der Waals surface area contributed by atoms with Gasteiger partial charge in [0.1, 0.15) is 0 Å². The highest BCUT2D eigenvalue weighted by molar-refractivity contribution is 7.90. The minimum Gasteiger partial charge on any atom is -0.212 e. The normalized spacial score (nSPS) is 12.4. The van der Waals surface area contributed by atoms with E-state index in [2.05, 4.69) is 4.72 Å². The van der Waals surface area contributed by atoms with Crippen LogP contribution in [0.1, 0.15) is 20.8 Å². The molecule has 3 nitrogen and oxygen atoms in total. The highest BCUT2D eigenvalue weighted by atomic mass is 32.2. The zero-order valence-electron chi connectivity index (χ0n) is 5.88. The lowest BCUT2D eigenvalue weighted by Crippen LogP contribution is -2.27. The van der Waals surface area contributed by atoms with E-state index in [-0.39, 0.29) is 5.25 Å². The van der Waals surface area contributed by atoms with Crippen molar-refractivity contribution in [2.45, 2.75) is 26.0 Å². The molecular formula is C5H12NO2S. The predicted octanol–water partition coefficient (Wildman–Crippen LogP) is 0.496. The Balaban J connectivity index is 4.05. The summed E-state index contributed by atoms with van der Waals surface area (Å²) in [6.45, 7) is 6.31. The van der Waals surface area contributed by atoms with E-state index in [1.165, 1.54) is 6.54 Å². The van der Waals surface area contributed by atoms with Crippen molar-refractivity contribution in [3.05, 3.63) is 6.54 Å². The van der Waals surface area contributed by atoms with E-state index in [4.69, 9.17) is 0 Å². The van der Waals surface area contributed by atoms with Gasteiger partial charge in [-0.3, -0.25) is 0 Å². The molecule has 0 bridgehead atoms. The molecule has 1 N–H and O–H groups in total. The minimum absolute atomic E-state index is 0.353. The molecule has 0 saturated carbocycles. The van der Waals surface area contributed by atoms with Gasteiger partial charge in [-0.1, -0.05) is 0 Å². The van der Waals surface area contributed by atoms with Crippen LogP contribution >= 0.6 is 0 Å². The van der Waals surface area contributed by atoms with Crippen molar-refractivity contribution in [1.82, 2.24) is 4.72 Å². The Kier molecular flexibility index (Phi) is 3.14. The molecule has 0 aliphatic rings. The van der Waals surface area contributed by atoms with E-state index in [0.717, 1.165) is 0 Å².